The summed E-state index contributed by atoms with van der Waals surface area (Å²) in [5.74, 6) is -0.0770. The van der Waals surface area contributed by atoms with Gasteiger partial charge in [0.1, 0.15) is 0 Å². The van der Waals surface area contributed by atoms with E-state index in [4.69, 9.17) is 16.3 Å². The maximum absolute atomic E-state index is 12.1. The van der Waals surface area contributed by atoms with E-state index in [0.29, 0.717) is 24.1 Å². The van der Waals surface area contributed by atoms with Gasteiger partial charge in [0.15, 0.2) is 5.15 Å². The third-order valence-corrected chi connectivity index (χ3v) is 3.29. The molecule has 2 rings (SSSR count). The van der Waals surface area contributed by atoms with Crippen LogP contribution in [0.25, 0.3) is 0 Å². The molecule has 1 fully saturated rings. The zero-order chi connectivity index (χ0) is 13.0. The number of hydrogen-bond acceptors (Lipinski definition) is 4. The van der Waals surface area contributed by atoms with Crippen LogP contribution in [0.5, 0.6) is 0 Å². The average molecular weight is 270 g/mol. The SMILES string of the molecule is C[C@H](C(=O)Nc1cccnc1Cl)N1CCOCC1. The van der Waals surface area contributed by atoms with E-state index in [2.05, 4.69) is 15.2 Å². The Morgan fingerprint density at radius 2 is 2.28 bits per heavy atom. The molecule has 1 aliphatic rings. The molecule has 5 nitrogen and oxygen atoms in total. The molecule has 98 valence electrons. The van der Waals surface area contributed by atoms with Crippen molar-refractivity contribution < 1.29 is 9.53 Å². The average Bonchev–Trinajstić information content (AvgIpc) is 2.41. The van der Waals surface area contributed by atoms with Crippen molar-refractivity contribution in [2.75, 3.05) is 31.6 Å². The second-order valence-electron chi connectivity index (χ2n) is 4.16. The Hall–Kier alpha value is -1.17. The summed E-state index contributed by atoms with van der Waals surface area (Å²) in [6, 6.07) is 3.27. The van der Waals surface area contributed by atoms with Crippen molar-refractivity contribution in [3.05, 3.63) is 23.5 Å². The first-order valence-electron chi connectivity index (χ1n) is 5.91. The normalized spacial score (nSPS) is 18.3. The molecule has 0 radical (unpaired) electrons. The lowest BCUT2D eigenvalue weighted by Gasteiger charge is -2.31. The van der Waals surface area contributed by atoms with Crippen LogP contribution in [0.1, 0.15) is 6.92 Å². The Labute approximate surface area is 111 Å². The molecular weight excluding hydrogens is 254 g/mol. The highest BCUT2D eigenvalue weighted by atomic mass is 35.5. The van der Waals surface area contributed by atoms with Crippen molar-refractivity contribution in [3.8, 4) is 0 Å². The summed E-state index contributed by atoms with van der Waals surface area (Å²) in [7, 11) is 0. The van der Waals surface area contributed by atoms with Crippen LogP contribution < -0.4 is 5.32 Å². The van der Waals surface area contributed by atoms with E-state index in [1.165, 1.54) is 0 Å². The number of halogens is 1. The summed E-state index contributed by atoms with van der Waals surface area (Å²) >= 11 is 5.90. The largest absolute Gasteiger partial charge is 0.379 e. The van der Waals surface area contributed by atoms with Gasteiger partial charge in [-0.3, -0.25) is 9.69 Å². The number of pyridine rings is 1. The number of carbonyl (C=O) groups is 1. The van der Waals surface area contributed by atoms with Crippen molar-refractivity contribution in [1.82, 2.24) is 9.88 Å². The molecule has 1 saturated heterocycles. The molecule has 0 unspecified atom stereocenters. The number of ether oxygens (including phenoxy) is 1. The standard InChI is InChI=1S/C12H16ClN3O2/c1-9(16-5-7-18-8-6-16)12(17)15-10-3-2-4-14-11(10)13/h2-4,9H,5-8H2,1H3,(H,15,17)/t9-/m1/s1. The molecule has 1 N–H and O–H groups in total. The number of nitrogens with one attached hydrogen (secondary N) is 1. The van der Waals surface area contributed by atoms with Crippen molar-refractivity contribution >= 4 is 23.2 Å². The summed E-state index contributed by atoms with van der Waals surface area (Å²) < 4.78 is 5.26. The van der Waals surface area contributed by atoms with Gasteiger partial charge < -0.3 is 10.1 Å². The second kappa shape index (κ2) is 6.13. The van der Waals surface area contributed by atoms with Gasteiger partial charge in [-0.15, -0.1) is 0 Å². The molecule has 1 atom stereocenters. The summed E-state index contributed by atoms with van der Waals surface area (Å²) in [5.41, 5.74) is 0.546. The molecule has 1 aromatic rings. The van der Waals surface area contributed by atoms with Gasteiger partial charge in [-0.1, -0.05) is 11.6 Å². The Kier molecular flexibility index (Phi) is 4.52. The number of carbonyl (C=O) groups excluding carboxylic acids is 1. The Morgan fingerprint density at radius 3 is 2.94 bits per heavy atom. The number of hydrogen-bond donors (Lipinski definition) is 1. The highest BCUT2D eigenvalue weighted by Crippen LogP contribution is 2.18. The van der Waals surface area contributed by atoms with Crippen LogP contribution in [0.15, 0.2) is 18.3 Å². The van der Waals surface area contributed by atoms with E-state index in [1.54, 1.807) is 18.3 Å². The number of morpholine rings is 1. The monoisotopic (exact) mass is 269 g/mol. The van der Waals surface area contributed by atoms with Crippen LogP contribution >= 0.6 is 11.6 Å². The molecule has 1 amide bonds. The molecule has 1 aromatic heterocycles. The summed E-state index contributed by atoms with van der Waals surface area (Å²) in [6.07, 6.45) is 1.59. The lowest BCUT2D eigenvalue weighted by molar-refractivity contribution is -0.122. The van der Waals surface area contributed by atoms with E-state index < -0.39 is 0 Å². The fourth-order valence-corrected chi connectivity index (χ4v) is 2.01. The first-order chi connectivity index (χ1) is 8.68. The number of aromatic nitrogens is 1. The Balaban J connectivity index is 1.97. The first-order valence-corrected chi connectivity index (χ1v) is 6.29. The highest BCUT2D eigenvalue weighted by molar-refractivity contribution is 6.32. The lowest BCUT2D eigenvalue weighted by atomic mass is 10.2. The van der Waals surface area contributed by atoms with Gasteiger partial charge >= 0.3 is 0 Å². The van der Waals surface area contributed by atoms with Gasteiger partial charge in [-0.2, -0.15) is 0 Å². The molecule has 6 heteroatoms. The van der Waals surface area contributed by atoms with Crippen molar-refractivity contribution in [3.63, 3.8) is 0 Å². The Bertz CT molecular complexity index is 422. The van der Waals surface area contributed by atoms with Gasteiger partial charge in [-0.05, 0) is 19.1 Å². The Morgan fingerprint density at radius 1 is 1.56 bits per heavy atom. The minimum absolute atomic E-state index is 0.0770. The zero-order valence-corrected chi connectivity index (χ0v) is 11.0. The highest BCUT2D eigenvalue weighted by Gasteiger charge is 2.23. The second-order valence-corrected chi connectivity index (χ2v) is 4.51. The van der Waals surface area contributed by atoms with E-state index in [9.17, 15) is 4.79 Å². The van der Waals surface area contributed by atoms with E-state index >= 15 is 0 Å². The molecule has 0 aliphatic carbocycles. The van der Waals surface area contributed by atoms with E-state index in [0.717, 1.165) is 13.1 Å². The zero-order valence-electron chi connectivity index (χ0n) is 10.2. The minimum atomic E-state index is -0.204. The quantitative estimate of drug-likeness (QED) is 0.843. The fraction of sp³-hybridized carbons (Fsp3) is 0.500. The molecule has 1 aliphatic heterocycles. The van der Waals surface area contributed by atoms with Crippen LogP contribution in [0.4, 0.5) is 5.69 Å². The topological polar surface area (TPSA) is 54.5 Å². The molecule has 0 aromatic carbocycles. The molecule has 0 saturated carbocycles. The van der Waals surface area contributed by atoms with Crippen molar-refractivity contribution in [2.45, 2.75) is 13.0 Å². The van der Waals surface area contributed by atoms with Gasteiger partial charge in [-0.25, -0.2) is 4.98 Å². The van der Waals surface area contributed by atoms with Crippen molar-refractivity contribution in [1.29, 1.82) is 0 Å². The van der Waals surface area contributed by atoms with Crippen molar-refractivity contribution in [2.24, 2.45) is 0 Å². The number of anilines is 1. The van der Waals surface area contributed by atoms with Gasteiger partial charge in [0.25, 0.3) is 0 Å². The van der Waals surface area contributed by atoms with Gasteiger partial charge in [0.05, 0.1) is 24.9 Å². The predicted molar refractivity (Wildman–Crippen MR) is 69.7 cm³/mol. The smallest absolute Gasteiger partial charge is 0.241 e. The maximum atomic E-state index is 12.1. The fourth-order valence-electron chi connectivity index (χ4n) is 1.85. The molecule has 18 heavy (non-hydrogen) atoms. The van der Waals surface area contributed by atoms with Crippen LogP contribution in [0.3, 0.4) is 0 Å². The van der Waals surface area contributed by atoms with Gasteiger partial charge in [0, 0.05) is 19.3 Å². The molecule has 2 heterocycles. The van der Waals surface area contributed by atoms with Crippen LogP contribution in [0, 0.1) is 0 Å². The summed E-state index contributed by atoms with van der Waals surface area (Å²) in [4.78, 5) is 18.1. The van der Waals surface area contributed by atoms with Crippen LogP contribution in [0.2, 0.25) is 5.15 Å². The van der Waals surface area contributed by atoms with E-state index in [-0.39, 0.29) is 11.9 Å². The number of rotatable bonds is 3. The van der Waals surface area contributed by atoms with Gasteiger partial charge in [0.2, 0.25) is 5.91 Å². The third kappa shape index (κ3) is 3.19. The molecule has 0 bridgehead atoms. The van der Waals surface area contributed by atoms with Crippen LogP contribution in [-0.4, -0.2) is 48.1 Å². The van der Waals surface area contributed by atoms with E-state index in [1.807, 2.05) is 6.92 Å². The number of nitrogens with zero attached hydrogens (tertiary/aromatic N) is 2. The van der Waals surface area contributed by atoms with Crippen LogP contribution in [-0.2, 0) is 9.53 Å². The lowest BCUT2D eigenvalue weighted by Crippen LogP contribution is -2.47. The summed E-state index contributed by atoms with van der Waals surface area (Å²) in [5, 5.41) is 3.10. The third-order valence-electron chi connectivity index (χ3n) is 2.99. The predicted octanol–water partition coefficient (Wildman–Crippen LogP) is 1.39. The number of amides is 1. The first kappa shape index (κ1) is 13.3. The molecular formula is C12H16ClN3O2. The minimum Gasteiger partial charge on any atom is -0.379 e. The molecule has 0 spiro atoms. The summed E-state index contributed by atoms with van der Waals surface area (Å²) in [6.45, 7) is 4.77. The maximum Gasteiger partial charge on any atom is 0.241 e.